The zero-order valence-corrected chi connectivity index (χ0v) is 16.4. The van der Waals surface area contributed by atoms with Crippen LogP contribution in [0.2, 0.25) is 0 Å². The highest BCUT2D eigenvalue weighted by Gasteiger charge is 2.52. The van der Waals surface area contributed by atoms with E-state index in [1.54, 1.807) is 24.3 Å². The monoisotopic (exact) mass is 384 g/mol. The molecule has 2 N–H and O–H groups in total. The summed E-state index contributed by atoms with van der Waals surface area (Å²) in [5.41, 5.74) is 3.02. The van der Waals surface area contributed by atoms with E-state index in [2.05, 4.69) is 10.0 Å². The van der Waals surface area contributed by atoms with E-state index in [1.807, 2.05) is 32.0 Å². The van der Waals surface area contributed by atoms with Gasteiger partial charge in [-0.15, -0.1) is 0 Å². The summed E-state index contributed by atoms with van der Waals surface area (Å²) in [5.74, 6) is 0.105. The van der Waals surface area contributed by atoms with Crippen molar-refractivity contribution in [2.24, 2.45) is 0 Å². The largest absolute Gasteiger partial charge is 0.353 e. The molecule has 142 valence electrons. The van der Waals surface area contributed by atoms with Crippen LogP contribution in [0.1, 0.15) is 42.4 Å². The third-order valence-corrected chi connectivity index (χ3v) is 6.95. The number of benzene rings is 2. The molecule has 0 heterocycles. The maximum atomic E-state index is 12.6. The van der Waals surface area contributed by atoms with Gasteiger partial charge in [0.1, 0.15) is 0 Å². The average Bonchev–Trinajstić information content (AvgIpc) is 3.52. The molecule has 0 spiro atoms. The predicted molar refractivity (Wildman–Crippen MR) is 105 cm³/mol. The minimum atomic E-state index is -3.64. The van der Waals surface area contributed by atoms with Crippen molar-refractivity contribution < 1.29 is 13.2 Å². The number of anilines is 1. The zero-order valence-electron chi connectivity index (χ0n) is 15.6. The van der Waals surface area contributed by atoms with Gasteiger partial charge in [-0.1, -0.05) is 18.2 Å². The van der Waals surface area contributed by atoms with Crippen molar-refractivity contribution in [3.63, 3.8) is 0 Å². The van der Waals surface area contributed by atoms with Gasteiger partial charge in [0.05, 0.1) is 10.3 Å². The van der Waals surface area contributed by atoms with Gasteiger partial charge in [-0.05, 0) is 80.5 Å². The second kappa shape index (κ2) is 6.37. The molecule has 2 saturated carbocycles. The van der Waals surface area contributed by atoms with Crippen LogP contribution in [0, 0.1) is 13.8 Å². The number of carbonyl (C=O) groups excluding carboxylic acids is 1. The Hall–Kier alpha value is -2.34. The smallest absolute Gasteiger partial charge is 0.261 e. The summed E-state index contributed by atoms with van der Waals surface area (Å²) < 4.78 is 27.9. The van der Waals surface area contributed by atoms with Gasteiger partial charge >= 0.3 is 0 Å². The van der Waals surface area contributed by atoms with E-state index in [1.165, 1.54) is 0 Å². The Morgan fingerprint density at radius 2 is 1.67 bits per heavy atom. The van der Waals surface area contributed by atoms with E-state index in [9.17, 15) is 13.2 Å². The molecule has 0 radical (unpaired) electrons. The quantitative estimate of drug-likeness (QED) is 0.801. The van der Waals surface area contributed by atoms with Gasteiger partial charge in [0.15, 0.2) is 0 Å². The molecule has 0 atom stereocenters. The summed E-state index contributed by atoms with van der Waals surface area (Å²) in [4.78, 5) is 12.8. The summed E-state index contributed by atoms with van der Waals surface area (Å²) in [7, 11) is -3.64. The van der Waals surface area contributed by atoms with Crippen LogP contribution in [-0.4, -0.2) is 20.4 Å². The van der Waals surface area contributed by atoms with Gasteiger partial charge < -0.3 is 5.32 Å². The van der Waals surface area contributed by atoms with Gasteiger partial charge in [0, 0.05) is 11.7 Å². The van der Waals surface area contributed by atoms with E-state index >= 15 is 0 Å². The molecule has 0 saturated heterocycles. The minimum absolute atomic E-state index is 0.105. The lowest BCUT2D eigenvalue weighted by Gasteiger charge is -2.16. The summed E-state index contributed by atoms with van der Waals surface area (Å²) in [5, 5.41) is 3.09. The van der Waals surface area contributed by atoms with Gasteiger partial charge in [-0.25, -0.2) is 8.42 Å². The molecule has 0 aromatic heterocycles. The van der Waals surface area contributed by atoms with E-state index in [0.717, 1.165) is 42.4 Å². The Morgan fingerprint density at radius 1 is 1.00 bits per heavy atom. The number of amides is 1. The number of sulfonamides is 1. The first-order valence-electron chi connectivity index (χ1n) is 9.32. The maximum Gasteiger partial charge on any atom is 0.261 e. The van der Waals surface area contributed by atoms with Gasteiger partial charge in [0.2, 0.25) is 5.91 Å². The molecule has 5 nitrogen and oxygen atoms in total. The van der Waals surface area contributed by atoms with Crippen LogP contribution in [0.4, 0.5) is 5.69 Å². The highest BCUT2D eigenvalue weighted by Crippen LogP contribution is 2.49. The van der Waals surface area contributed by atoms with Crippen LogP contribution < -0.4 is 10.0 Å². The second-order valence-corrected chi connectivity index (χ2v) is 9.44. The van der Waals surface area contributed by atoms with E-state index in [-0.39, 0.29) is 10.8 Å². The summed E-state index contributed by atoms with van der Waals surface area (Å²) >= 11 is 0. The Morgan fingerprint density at radius 3 is 2.22 bits per heavy atom. The predicted octanol–water partition coefficient (Wildman–Crippen LogP) is 3.41. The van der Waals surface area contributed by atoms with E-state index in [4.69, 9.17) is 0 Å². The van der Waals surface area contributed by atoms with Crippen molar-refractivity contribution in [3.8, 4) is 0 Å². The van der Waals surface area contributed by atoms with Crippen molar-refractivity contribution in [1.82, 2.24) is 5.32 Å². The molecule has 2 aromatic carbocycles. The van der Waals surface area contributed by atoms with Gasteiger partial charge in [-0.3, -0.25) is 9.52 Å². The topological polar surface area (TPSA) is 75.3 Å². The number of carbonyl (C=O) groups is 1. The fourth-order valence-corrected chi connectivity index (χ4v) is 4.42. The van der Waals surface area contributed by atoms with Crippen LogP contribution in [0.25, 0.3) is 0 Å². The molecule has 1 amide bonds. The molecular weight excluding hydrogens is 360 g/mol. The highest BCUT2D eigenvalue weighted by atomic mass is 32.2. The molecule has 4 rings (SSSR count). The molecule has 6 heteroatoms. The number of aryl methyl sites for hydroxylation is 2. The van der Waals surface area contributed by atoms with Gasteiger partial charge in [0.25, 0.3) is 10.0 Å². The minimum Gasteiger partial charge on any atom is -0.353 e. The molecule has 0 bridgehead atoms. The summed E-state index contributed by atoms with van der Waals surface area (Å²) in [6.45, 7) is 3.84. The molecule has 2 fully saturated rings. The zero-order chi connectivity index (χ0) is 19.2. The third-order valence-electron chi connectivity index (χ3n) is 5.58. The Balaban J connectivity index is 1.50. The van der Waals surface area contributed by atoms with Crippen molar-refractivity contribution in [2.45, 2.75) is 55.9 Å². The van der Waals surface area contributed by atoms with Crippen molar-refractivity contribution in [2.75, 3.05) is 4.72 Å². The lowest BCUT2D eigenvalue weighted by Crippen LogP contribution is -2.36. The van der Waals surface area contributed by atoms with Crippen LogP contribution in [0.15, 0.2) is 47.4 Å². The first kappa shape index (κ1) is 18.0. The first-order valence-corrected chi connectivity index (χ1v) is 10.8. The summed E-state index contributed by atoms with van der Waals surface area (Å²) in [6.07, 6.45) is 3.83. The van der Waals surface area contributed by atoms with Crippen LogP contribution in [-0.2, 0) is 20.2 Å². The van der Waals surface area contributed by atoms with Crippen molar-refractivity contribution >= 4 is 21.6 Å². The Kier molecular flexibility index (Phi) is 4.26. The first-order chi connectivity index (χ1) is 12.8. The standard InChI is InChI=1S/C21H24N2O3S/c1-14-3-10-19(13-15(14)2)27(25,26)23-18-6-4-16(5-7-18)21(11-12-21)20(24)22-17-8-9-17/h3-7,10,13,17,23H,8-9,11-12H2,1-2H3,(H,22,24). The van der Waals surface area contributed by atoms with Gasteiger partial charge in [-0.2, -0.15) is 0 Å². The van der Waals surface area contributed by atoms with Crippen LogP contribution >= 0.6 is 0 Å². The molecule has 0 unspecified atom stereocenters. The van der Waals surface area contributed by atoms with E-state index < -0.39 is 15.4 Å². The number of rotatable bonds is 6. The molecule has 0 aliphatic heterocycles. The van der Waals surface area contributed by atoms with Crippen molar-refractivity contribution in [3.05, 3.63) is 59.2 Å². The Bertz CT molecular complexity index is 989. The normalized spacial score (nSPS) is 18.0. The van der Waals surface area contributed by atoms with Crippen LogP contribution in [0.3, 0.4) is 0 Å². The third kappa shape index (κ3) is 3.58. The SMILES string of the molecule is Cc1ccc(S(=O)(=O)Nc2ccc(C3(C(=O)NC4CC4)CC3)cc2)cc1C. The second-order valence-electron chi connectivity index (χ2n) is 7.76. The van der Waals surface area contributed by atoms with Crippen LogP contribution in [0.5, 0.6) is 0 Å². The average molecular weight is 385 g/mol. The number of hydrogen-bond donors (Lipinski definition) is 2. The molecule has 27 heavy (non-hydrogen) atoms. The lowest BCUT2D eigenvalue weighted by molar-refractivity contribution is -0.123. The van der Waals surface area contributed by atoms with Crippen molar-refractivity contribution in [1.29, 1.82) is 0 Å². The maximum absolute atomic E-state index is 12.6. The van der Waals surface area contributed by atoms with E-state index in [0.29, 0.717) is 11.7 Å². The Labute approximate surface area is 160 Å². The molecular formula is C21H24N2O3S. The molecule has 2 aromatic rings. The number of nitrogens with one attached hydrogen (secondary N) is 2. The fourth-order valence-electron chi connectivity index (χ4n) is 3.28. The fraction of sp³-hybridized carbons (Fsp3) is 0.381. The summed E-state index contributed by atoms with van der Waals surface area (Å²) in [6, 6.07) is 12.6. The lowest BCUT2D eigenvalue weighted by atomic mass is 9.95. The highest BCUT2D eigenvalue weighted by molar-refractivity contribution is 7.92. The number of hydrogen-bond acceptors (Lipinski definition) is 3. The molecule has 2 aliphatic carbocycles. The molecule has 2 aliphatic rings.